The summed E-state index contributed by atoms with van der Waals surface area (Å²) in [7, 11) is 0. The van der Waals surface area contributed by atoms with E-state index >= 15 is 0 Å². The quantitative estimate of drug-likeness (QED) is 0.709. The van der Waals surface area contributed by atoms with Crippen LogP contribution < -0.4 is 10.9 Å². The van der Waals surface area contributed by atoms with E-state index in [0.717, 1.165) is 16.9 Å². The van der Waals surface area contributed by atoms with Gasteiger partial charge in [0.1, 0.15) is 5.69 Å². The number of aromatic nitrogens is 4. The van der Waals surface area contributed by atoms with E-state index in [9.17, 15) is 9.59 Å². The SMILES string of the molecule is Cc1cc(C)n(C(C)CNC(=O)CCc2nc3ccccc3[nH]c2=O)n1. The largest absolute Gasteiger partial charge is 0.354 e. The first-order valence-electron chi connectivity index (χ1n) is 8.71. The highest BCUT2D eigenvalue weighted by Gasteiger charge is 2.12. The average molecular weight is 353 g/mol. The lowest BCUT2D eigenvalue weighted by Crippen LogP contribution is -2.31. The molecule has 0 spiro atoms. The molecule has 0 bridgehead atoms. The second-order valence-corrected chi connectivity index (χ2v) is 6.55. The van der Waals surface area contributed by atoms with Crippen molar-refractivity contribution in [2.75, 3.05) is 6.54 Å². The van der Waals surface area contributed by atoms with Crippen molar-refractivity contribution in [1.82, 2.24) is 25.1 Å². The van der Waals surface area contributed by atoms with Crippen molar-refractivity contribution in [2.24, 2.45) is 0 Å². The van der Waals surface area contributed by atoms with Crippen molar-refractivity contribution in [3.05, 3.63) is 57.8 Å². The number of fused-ring (bicyclic) bond motifs is 1. The zero-order valence-corrected chi connectivity index (χ0v) is 15.2. The summed E-state index contributed by atoms with van der Waals surface area (Å²) in [4.78, 5) is 31.4. The van der Waals surface area contributed by atoms with Gasteiger partial charge in [-0.2, -0.15) is 5.10 Å². The van der Waals surface area contributed by atoms with Crippen LogP contribution in [0.25, 0.3) is 11.0 Å². The molecule has 1 amide bonds. The van der Waals surface area contributed by atoms with Crippen molar-refractivity contribution >= 4 is 16.9 Å². The number of H-pyrrole nitrogens is 1. The lowest BCUT2D eigenvalue weighted by Gasteiger charge is -2.15. The molecule has 0 saturated carbocycles. The van der Waals surface area contributed by atoms with Gasteiger partial charge in [-0.1, -0.05) is 12.1 Å². The van der Waals surface area contributed by atoms with E-state index < -0.39 is 0 Å². The highest BCUT2D eigenvalue weighted by Crippen LogP contribution is 2.10. The molecule has 1 atom stereocenters. The Bertz CT molecular complexity index is 989. The minimum absolute atomic E-state index is 0.0647. The third-order valence-electron chi connectivity index (χ3n) is 4.32. The number of carbonyl (C=O) groups is 1. The molecule has 0 aliphatic heterocycles. The first kappa shape index (κ1) is 17.8. The number of aromatic amines is 1. The van der Waals surface area contributed by atoms with Crippen molar-refractivity contribution < 1.29 is 4.79 Å². The highest BCUT2D eigenvalue weighted by molar-refractivity contribution is 5.76. The molecule has 26 heavy (non-hydrogen) atoms. The van der Waals surface area contributed by atoms with E-state index in [1.807, 2.05) is 49.7 Å². The fourth-order valence-electron chi connectivity index (χ4n) is 3.00. The van der Waals surface area contributed by atoms with Crippen LogP contribution in [-0.2, 0) is 11.2 Å². The van der Waals surface area contributed by atoms with Crippen LogP contribution >= 0.6 is 0 Å². The third kappa shape index (κ3) is 3.99. The summed E-state index contributed by atoms with van der Waals surface area (Å²) in [6.07, 6.45) is 0.526. The molecule has 136 valence electrons. The third-order valence-corrected chi connectivity index (χ3v) is 4.32. The maximum atomic E-state index is 12.1. The van der Waals surface area contributed by atoms with Gasteiger partial charge in [0, 0.05) is 25.1 Å². The summed E-state index contributed by atoms with van der Waals surface area (Å²) in [5.74, 6) is -0.104. The molecular formula is C19H23N5O2. The Morgan fingerprint density at radius 1 is 1.31 bits per heavy atom. The van der Waals surface area contributed by atoms with E-state index in [2.05, 4.69) is 20.4 Å². The van der Waals surface area contributed by atoms with E-state index in [1.54, 1.807) is 6.07 Å². The van der Waals surface area contributed by atoms with Gasteiger partial charge >= 0.3 is 0 Å². The van der Waals surface area contributed by atoms with Gasteiger partial charge in [-0.3, -0.25) is 14.3 Å². The van der Waals surface area contributed by atoms with Gasteiger partial charge < -0.3 is 10.3 Å². The first-order valence-corrected chi connectivity index (χ1v) is 8.71. The van der Waals surface area contributed by atoms with E-state index in [-0.39, 0.29) is 23.9 Å². The van der Waals surface area contributed by atoms with Crippen LogP contribution in [0.3, 0.4) is 0 Å². The number of aryl methyl sites for hydroxylation is 3. The summed E-state index contributed by atoms with van der Waals surface area (Å²) < 4.78 is 1.91. The number of amides is 1. The van der Waals surface area contributed by atoms with Crippen LogP contribution in [0.1, 0.15) is 36.5 Å². The first-order chi connectivity index (χ1) is 12.4. The molecule has 0 aliphatic rings. The second-order valence-electron chi connectivity index (χ2n) is 6.55. The fraction of sp³-hybridized carbons (Fsp3) is 0.368. The Morgan fingerprint density at radius 3 is 2.81 bits per heavy atom. The molecule has 0 radical (unpaired) electrons. The summed E-state index contributed by atoms with van der Waals surface area (Å²) in [5.41, 5.74) is 3.58. The Labute approximate surface area is 151 Å². The molecule has 1 aromatic carbocycles. The van der Waals surface area contributed by atoms with Crippen molar-refractivity contribution in [3.8, 4) is 0 Å². The molecule has 2 aromatic heterocycles. The van der Waals surface area contributed by atoms with Crippen LogP contribution in [0.5, 0.6) is 0 Å². The Balaban J connectivity index is 1.56. The van der Waals surface area contributed by atoms with Gasteiger partial charge in [0.2, 0.25) is 5.91 Å². The molecule has 3 rings (SSSR count). The van der Waals surface area contributed by atoms with E-state index in [4.69, 9.17) is 0 Å². The van der Waals surface area contributed by atoms with Gasteiger partial charge in [0.25, 0.3) is 5.56 Å². The normalized spacial score (nSPS) is 12.3. The van der Waals surface area contributed by atoms with Crippen LogP contribution in [0.4, 0.5) is 0 Å². The van der Waals surface area contributed by atoms with Gasteiger partial charge in [-0.25, -0.2) is 4.98 Å². The van der Waals surface area contributed by atoms with Gasteiger partial charge in [0.05, 0.1) is 22.8 Å². The van der Waals surface area contributed by atoms with Gasteiger partial charge in [0.15, 0.2) is 0 Å². The molecule has 3 aromatic rings. The summed E-state index contributed by atoms with van der Waals surface area (Å²) in [5, 5.41) is 7.34. The Hall–Kier alpha value is -2.96. The molecule has 0 saturated heterocycles. The number of hydrogen-bond acceptors (Lipinski definition) is 4. The molecule has 2 N–H and O–H groups in total. The molecule has 0 aliphatic carbocycles. The Kier molecular flexibility index (Phi) is 5.16. The zero-order chi connectivity index (χ0) is 18.7. The maximum absolute atomic E-state index is 12.1. The van der Waals surface area contributed by atoms with E-state index in [0.29, 0.717) is 24.2 Å². The molecule has 7 heteroatoms. The topological polar surface area (TPSA) is 92.7 Å². The smallest absolute Gasteiger partial charge is 0.270 e. The average Bonchev–Trinajstić information content (AvgIpc) is 2.96. The monoisotopic (exact) mass is 353 g/mol. The standard InChI is InChI=1S/C19H23N5O2/c1-12-10-13(2)24(23-12)14(3)11-20-18(25)9-8-17-19(26)22-16-7-5-4-6-15(16)21-17/h4-7,10,14H,8-9,11H2,1-3H3,(H,20,25)(H,22,26). The van der Waals surface area contributed by atoms with Crippen LogP contribution in [0.2, 0.25) is 0 Å². The minimum atomic E-state index is -0.243. The number of hydrogen-bond donors (Lipinski definition) is 2. The van der Waals surface area contributed by atoms with Crippen molar-refractivity contribution in [3.63, 3.8) is 0 Å². The molecular weight excluding hydrogens is 330 g/mol. The lowest BCUT2D eigenvalue weighted by atomic mass is 10.2. The van der Waals surface area contributed by atoms with Crippen LogP contribution in [0.15, 0.2) is 35.1 Å². The minimum Gasteiger partial charge on any atom is -0.354 e. The van der Waals surface area contributed by atoms with Crippen LogP contribution in [-0.4, -0.2) is 32.2 Å². The number of para-hydroxylation sites is 2. The molecule has 1 unspecified atom stereocenters. The summed E-state index contributed by atoms with van der Waals surface area (Å²) in [6.45, 7) is 6.44. The number of benzene rings is 1. The number of nitrogens with zero attached hydrogens (tertiary/aromatic N) is 3. The Morgan fingerprint density at radius 2 is 2.08 bits per heavy atom. The molecule has 0 fully saturated rings. The maximum Gasteiger partial charge on any atom is 0.270 e. The summed E-state index contributed by atoms with van der Waals surface area (Å²) in [6, 6.07) is 9.43. The molecule has 7 nitrogen and oxygen atoms in total. The number of nitrogens with one attached hydrogen (secondary N) is 2. The van der Waals surface area contributed by atoms with E-state index in [1.165, 1.54) is 0 Å². The zero-order valence-electron chi connectivity index (χ0n) is 15.2. The lowest BCUT2D eigenvalue weighted by molar-refractivity contribution is -0.121. The highest BCUT2D eigenvalue weighted by atomic mass is 16.1. The summed E-state index contributed by atoms with van der Waals surface area (Å²) >= 11 is 0. The van der Waals surface area contributed by atoms with Crippen molar-refractivity contribution in [2.45, 2.75) is 39.7 Å². The van der Waals surface area contributed by atoms with Gasteiger partial charge in [-0.15, -0.1) is 0 Å². The van der Waals surface area contributed by atoms with Gasteiger partial charge in [-0.05, 0) is 39.0 Å². The predicted octanol–water partition coefficient (Wildman–Crippen LogP) is 2.05. The predicted molar refractivity (Wildman–Crippen MR) is 100 cm³/mol. The fourth-order valence-corrected chi connectivity index (χ4v) is 3.00. The number of rotatable bonds is 6. The van der Waals surface area contributed by atoms with Crippen LogP contribution in [0, 0.1) is 13.8 Å². The van der Waals surface area contributed by atoms with Crippen molar-refractivity contribution in [1.29, 1.82) is 0 Å². The number of carbonyl (C=O) groups excluding carboxylic acids is 1. The second kappa shape index (κ2) is 7.51. The molecule has 2 heterocycles.